The van der Waals surface area contributed by atoms with E-state index in [0.717, 1.165) is 17.0 Å². The van der Waals surface area contributed by atoms with Gasteiger partial charge >= 0.3 is 0 Å². The zero-order chi connectivity index (χ0) is 15.1. The van der Waals surface area contributed by atoms with Crippen molar-refractivity contribution >= 4 is 11.6 Å². The second-order valence-electron chi connectivity index (χ2n) is 5.10. The molecule has 0 aliphatic rings. The first-order valence-corrected chi connectivity index (χ1v) is 6.78. The van der Waals surface area contributed by atoms with Crippen LogP contribution >= 0.6 is 0 Å². The van der Waals surface area contributed by atoms with Crippen LogP contribution in [0.5, 0.6) is 0 Å². The lowest BCUT2D eigenvalue weighted by Gasteiger charge is -2.18. The van der Waals surface area contributed by atoms with E-state index < -0.39 is 4.92 Å². The predicted molar refractivity (Wildman–Crippen MR) is 76.4 cm³/mol. The molecule has 6 nitrogen and oxygen atoms in total. The van der Waals surface area contributed by atoms with Crippen molar-refractivity contribution in [3.05, 3.63) is 39.9 Å². The normalized spacial score (nSPS) is 12.2. The van der Waals surface area contributed by atoms with Crippen LogP contribution in [0, 0.1) is 10.1 Å². The Bertz CT molecular complexity index is 457. The van der Waals surface area contributed by atoms with Crippen molar-refractivity contribution in [3.63, 3.8) is 0 Å². The fraction of sp³-hybridized carbons (Fsp3) is 0.500. The largest absolute Gasteiger partial charge is 0.349 e. The summed E-state index contributed by atoms with van der Waals surface area (Å²) in [5, 5.41) is 13.5. The standard InChI is InChI=1S/C14H21N3O3/c1-4-16(10-14(18)15-11(2)3)9-12-5-7-13(8-6-12)17(19)20/h5-8,11H,4,9-10H2,1-3H3,(H,15,18)/p+1. The number of non-ortho nitro benzene ring substituents is 1. The van der Waals surface area contributed by atoms with Gasteiger partial charge in [0.2, 0.25) is 0 Å². The van der Waals surface area contributed by atoms with E-state index in [4.69, 9.17) is 0 Å². The number of carbonyl (C=O) groups is 1. The molecule has 0 aliphatic carbocycles. The number of nitro groups is 1. The Hall–Kier alpha value is -1.95. The Labute approximate surface area is 118 Å². The van der Waals surface area contributed by atoms with Gasteiger partial charge in [0.05, 0.1) is 11.5 Å². The summed E-state index contributed by atoms with van der Waals surface area (Å²) in [5.41, 5.74) is 1.08. The zero-order valence-electron chi connectivity index (χ0n) is 12.2. The highest BCUT2D eigenvalue weighted by Gasteiger charge is 2.14. The molecule has 0 aliphatic heterocycles. The number of quaternary nitrogens is 1. The van der Waals surface area contributed by atoms with E-state index in [1.165, 1.54) is 12.1 Å². The van der Waals surface area contributed by atoms with E-state index in [2.05, 4.69) is 5.32 Å². The first-order valence-electron chi connectivity index (χ1n) is 6.78. The maximum absolute atomic E-state index is 11.7. The van der Waals surface area contributed by atoms with Crippen molar-refractivity contribution in [1.82, 2.24) is 5.32 Å². The molecule has 0 aromatic heterocycles. The van der Waals surface area contributed by atoms with Crippen LogP contribution in [0.4, 0.5) is 5.69 Å². The Kier molecular flexibility index (Phi) is 6.11. The summed E-state index contributed by atoms with van der Waals surface area (Å²) in [4.78, 5) is 23.0. The summed E-state index contributed by atoms with van der Waals surface area (Å²) in [7, 11) is 0. The van der Waals surface area contributed by atoms with Crippen LogP contribution in [0.25, 0.3) is 0 Å². The van der Waals surface area contributed by atoms with Gasteiger partial charge in [0.25, 0.3) is 11.6 Å². The number of hydrogen-bond donors (Lipinski definition) is 2. The van der Waals surface area contributed by atoms with Crippen LogP contribution < -0.4 is 10.2 Å². The summed E-state index contributed by atoms with van der Waals surface area (Å²) >= 11 is 0. The van der Waals surface area contributed by atoms with Crippen molar-refractivity contribution in [1.29, 1.82) is 0 Å². The van der Waals surface area contributed by atoms with Gasteiger partial charge in [0, 0.05) is 23.7 Å². The number of rotatable bonds is 7. The van der Waals surface area contributed by atoms with Crippen molar-refractivity contribution in [3.8, 4) is 0 Å². The van der Waals surface area contributed by atoms with Gasteiger partial charge in [0.1, 0.15) is 6.54 Å². The molecule has 0 spiro atoms. The molecule has 0 bridgehead atoms. The Morgan fingerprint density at radius 3 is 2.40 bits per heavy atom. The minimum absolute atomic E-state index is 0.0266. The van der Waals surface area contributed by atoms with Gasteiger partial charge in [-0.2, -0.15) is 0 Å². The van der Waals surface area contributed by atoms with Crippen LogP contribution in [0.2, 0.25) is 0 Å². The second-order valence-corrected chi connectivity index (χ2v) is 5.10. The van der Waals surface area contributed by atoms with E-state index >= 15 is 0 Å². The first kappa shape index (κ1) is 16.1. The van der Waals surface area contributed by atoms with Gasteiger partial charge in [-0.15, -0.1) is 0 Å². The van der Waals surface area contributed by atoms with Crippen LogP contribution in [0.15, 0.2) is 24.3 Å². The van der Waals surface area contributed by atoms with Crippen LogP contribution in [0.3, 0.4) is 0 Å². The predicted octanol–water partition coefficient (Wildman–Crippen LogP) is 0.524. The number of nitrogens with zero attached hydrogens (tertiary/aromatic N) is 1. The van der Waals surface area contributed by atoms with Crippen LogP contribution in [-0.2, 0) is 11.3 Å². The first-order chi connectivity index (χ1) is 9.42. The molecule has 0 saturated heterocycles. The highest BCUT2D eigenvalue weighted by Crippen LogP contribution is 2.10. The Morgan fingerprint density at radius 1 is 1.35 bits per heavy atom. The average Bonchev–Trinajstić information content (AvgIpc) is 2.37. The van der Waals surface area contributed by atoms with Gasteiger partial charge in [-0.25, -0.2) is 0 Å². The molecule has 1 unspecified atom stereocenters. The minimum Gasteiger partial charge on any atom is -0.349 e. The molecule has 1 atom stereocenters. The van der Waals surface area contributed by atoms with E-state index in [9.17, 15) is 14.9 Å². The van der Waals surface area contributed by atoms with Crippen LogP contribution in [0.1, 0.15) is 26.3 Å². The van der Waals surface area contributed by atoms with Gasteiger partial charge in [-0.05, 0) is 32.9 Å². The summed E-state index contributed by atoms with van der Waals surface area (Å²) in [6.45, 7) is 7.79. The molecule has 6 heteroatoms. The molecule has 110 valence electrons. The lowest BCUT2D eigenvalue weighted by atomic mass is 10.2. The summed E-state index contributed by atoms with van der Waals surface area (Å²) in [6, 6.07) is 6.62. The van der Waals surface area contributed by atoms with Crippen molar-refractivity contribution < 1.29 is 14.6 Å². The fourth-order valence-corrected chi connectivity index (χ4v) is 1.94. The van der Waals surface area contributed by atoms with E-state index in [1.54, 1.807) is 12.1 Å². The lowest BCUT2D eigenvalue weighted by molar-refractivity contribution is -0.904. The number of likely N-dealkylation sites (N-methyl/N-ethyl adjacent to an activating group) is 1. The topological polar surface area (TPSA) is 76.7 Å². The Morgan fingerprint density at radius 2 is 1.95 bits per heavy atom. The number of nitrogens with one attached hydrogen (secondary N) is 2. The van der Waals surface area contributed by atoms with Gasteiger partial charge in [-0.1, -0.05) is 0 Å². The number of carbonyl (C=O) groups excluding carboxylic acids is 1. The van der Waals surface area contributed by atoms with Crippen LogP contribution in [-0.4, -0.2) is 30.0 Å². The molecule has 0 saturated carbocycles. The average molecular weight is 280 g/mol. The van der Waals surface area contributed by atoms with Crippen molar-refractivity contribution in [2.75, 3.05) is 13.1 Å². The molecule has 1 aromatic rings. The summed E-state index contributed by atoms with van der Waals surface area (Å²) in [5.74, 6) is 0.0266. The van der Waals surface area contributed by atoms with Crippen molar-refractivity contribution in [2.45, 2.75) is 33.4 Å². The molecule has 0 fully saturated rings. The third-order valence-electron chi connectivity index (χ3n) is 2.96. The molecule has 0 radical (unpaired) electrons. The number of benzene rings is 1. The number of amides is 1. The highest BCUT2D eigenvalue weighted by atomic mass is 16.6. The molecular formula is C14H22N3O3+. The highest BCUT2D eigenvalue weighted by molar-refractivity contribution is 5.77. The summed E-state index contributed by atoms with van der Waals surface area (Å²) < 4.78 is 0. The van der Waals surface area contributed by atoms with Crippen molar-refractivity contribution in [2.24, 2.45) is 0 Å². The molecule has 1 aromatic carbocycles. The number of hydrogen-bond acceptors (Lipinski definition) is 3. The van der Waals surface area contributed by atoms with Gasteiger partial charge < -0.3 is 10.2 Å². The molecule has 20 heavy (non-hydrogen) atoms. The Balaban J connectivity index is 2.59. The van der Waals surface area contributed by atoms with Gasteiger partial charge in [0.15, 0.2) is 6.54 Å². The maximum Gasteiger partial charge on any atom is 0.275 e. The third-order valence-corrected chi connectivity index (χ3v) is 2.96. The third kappa shape index (κ3) is 5.36. The monoisotopic (exact) mass is 280 g/mol. The summed E-state index contributed by atoms with van der Waals surface area (Å²) in [6.07, 6.45) is 0. The minimum atomic E-state index is -0.412. The zero-order valence-corrected chi connectivity index (χ0v) is 12.2. The van der Waals surface area contributed by atoms with E-state index in [0.29, 0.717) is 13.1 Å². The number of nitro benzene ring substituents is 1. The molecule has 0 heterocycles. The smallest absolute Gasteiger partial charge is 0.275 e. The molecule has 1 rings (SSSR count). The maximum atomic E-state index is 11.7. The second kappa shape index (κ2) is 7.59. The van der Waals surface area contributed by atoms with E-state index in [1.807, 2.05) is 20.8 Å². The fourth-order valence-electron chi connectivity index (χ4n) is 1.94. The van der Waals surface area contributed by atoms with Gasteiger partial charge in [-0.3, -0.25) is 14.9 Å². The lowest BCUT2D eigenvalue weighted by Crippen LogP contribution is -3.11. The van der Waals surface area contributed by atoms with E-state index in [-0.39, 0.29) is 17.6 Å². The molecule has 1 amide bonds. The molecular weight excluding hydrogens is 258 g/mol. The SMILES string of the molecule is CC[NH+](CC(=O)NC(C)C)Cc1ccc([N+](=O)[O-])cc1. The quantitative estimate of drug-likeness (QED) is 0.565. The molecule has 2 N–H and O–H groups in total.